The monoisotopic (exact) mass is 242 g/mol. The Labute approximate surface area is 105 Å². The van der Waals surface area contributed by atoms with Crippen LogP contribution in [-0.2, 0) is 0 Å². The summed E-state index contributed by atoms with van der Waals surface area (Å²) >= 11 is 0. The van der Waals surface area contributed by atoms with Crippen molar-refractivity contribution in [2.24, 2.45) is 0 Å². The van der Waals surface area contributed by atoms with Crippen LogP contribution in [0.2, 0.25) is 0 Å². The minimum Gasteiger partial charge on any atom is -0.397 e. The Bertz CT molecular complexity index is 558. The van der Waals surface area contributed by atoms with Gasteiger partial charge in [-0.05, 0) is 24.3 Å². The lowest BCUT2D eigenvalue weighted by Gasteiger charge is -2.09. The molecule has 7 N–H and O–H groups in total. The zero-order chi connectivity index (χ0) is 13.1. The van der Waals surface area contributed by atoms with Crippen molar-refractivity contribution in [2.75, 3.05) is 22.5 Å². The molecule has 0 aliphatic rings. The van der Waals surface area contributed by atoms with E-state index in [1.165, 1.54) is 0 Å². The molecule has 0 aromatic heterocycles. The summed E-state index contributed by atoms with van der Waals surface area (Å²) in [6.45, 7) is 0. The van der Waals surface area contributed by atoms with E-state index in [1.54, 1.807) is 36.4 Å². The highest BCUT2D eigenvalue weighted by Crippen LogP contribution is 2.27. The third kappa shape index (κ3) is 2.35. The van der Waals surface area contributed by atoms with Crippen LogP contribution in [0.4, 0.5) is 22.7 Å². The molecule has 0 unspecified atom stereocenters. The number of hydrogen-bond donors (Lipinski definition) is 4. The molecule has 0 aliphatic heterocycles. The van der Waals surface area contributed by atoms with Crippen LogP contribution in [0.15, 0.2) is 42.5 Å². The first-order chi connectivity index (χ1) is 8.58. The van der Waals surface area contributed by atoms with Crippen molar-refractivity contribution < 1.29 is 4.79 Å². The molecule has 1 amide bonds. The Morgan fingerprint density at radius 3 is 2.06 bits per heavy atom. The van der Waals surface area contributed by atoms with E-state index in [0.29, 0.717) is 28.3 Å². The number of amides is 1. The number of anilines is 4. The number of nitrogens with two attached hydrogens (primary N) is 3. The Hall–Kier alpha value is -2.69. The van der Waals surface area contributed by atoms with Gasteiger partial charge in [0.05, 0.1) is 17.1 Å². The molecular weight excluding hydrogens is 228 g/mol. The van der Waals surface area contributed by atoms with Crippen LogP contribution in [0.25, 0.3) is 0 Å². The summed E-state index contributed by atoms with van der Waals surface area (Å²) in [6.07, 6.45) is 0. The summed E-state index contributed by atoms with van der Waals surface area (Å²) in [5.41, 5.74) is 19.1. The number of rotatable bonds is 2. The summed E-state index contributed by atoms with van der Waals surface area (Å²) < 4.78 is 0. The summed E-state index contributed by atoms with van der Waals surface area (Å²) in [5.74, 6) is -0.223. The second-order valence-electron chi connectivity index (χ2n) is 3.89. The molecular formula is C13H14N4O. The minimum absolute atomic E-state index is 0.223. The quantitative estimate of drug-likeness (QED) is 0.601. The van der Waals surface area contributed by atoms with Crippen molar-refractivity contribution >= 4 is 28.7 Å². The van der Waals surface area contributed by atoms with E-state index >= 15 is 0 Å². The molecule has 5 nitrogen and oxygen atoms in total. The third-order valence-electron chi connectivity index (χ3n) is 2.54. The lowest BCUT2D eigenvalue weighted by Crippen LogP contribution is -2.12. The topological polar surface area (TPSA) is 107 Å². The number of hydrogen-bond acceptors (Lipinski definition) is 4. The van der Waals surface area contributed by atoms with Gasteiger partial charge in [0.15, 0.2) is 0 Å². The number of carbonyl (C=O) groups excluding carboxylic acids is 1. The largest absolute Gasteiger partial charge is 0.397 e. The van der Waals surface area contributed by atoms with Gasteiger partial charge in [-0.25, -0.2) is 0 Å². The number of nitrogens with one attached hydrogen (secondary N) is 1. The van der Waals surface area contributed by atoms with E-state index in [-0.39, 0.29) is 5.91 Å². The molecule has 2 rings (SSSR count). The van der Waals surface area contributed by atoms with Crippen LogP contribution in [-0.4, -0.2) is 5.91 Å². The van der Waals surface area contributed by atoms with Gasteiger partial charge in [0, 0.05) is 11.3 Å². The Morgan fingerprint density at radius 2 is 1.50 bits per heavy atom. The summed E-state index contributed by atoms with van der Waals surface area (Å²) in [5, 5.41) is 2.71. The Kier molecular flexibility index (Phi) is 3.05. The normalized spacial score (nSPS) is 10.0. The molecule has 18 heavy (non-hydrogen) atoms. The molecule has 2 aromatic carbocycles. The standard InChI is InChI=1S/C13H14N4O/c14-10-6-9(7-11(15)12(10)16)17-13(18)8-4-2-1-3-5-8/h1-7H,14-16H2,(H,17,18). The molecule has 0 heterocycles. The van der Waals surface area contributed by atoms with Crippen molar-refractivity contribution in [1.82, 2.24) is 0 Å². The van der Waals surface area contributed by atoms with Crippen LogP contribution in [0.3, 0.4) is 0 Å². The fourth-order valence-electron chi connectivity index (χ4n) is 1.56. The van der Waals surface area contributed by atoms with E-state index in [2.05, 4.69) is 5.32 Å². The fraction of sp³-hybridized carbons (Fsp3) is 0. The van der Waals surface area contributed by atoms with Gasteiger partial charge in [0.1, 0.15) is 0 Å². The molecule has 0 atom stereocenters. The number of nitrogen functional groups attached to an aromatic ring is 3. The molecule has 0 fully saturated rings. The molecule has 92 valence electrons. The molecule has 0 bridgehead atoms. The van der Waals surface area contributed by atoms with Gasteiger partial charge in [-0.15, -0.1) is 0 Å². The van der Waals surface area contributed by atoms with Crippen molar-refractivity contribution in [3.05, 3.63) is 48.0 Å². The van der Waals surface area contributed by atoms with Crippen LogP contribution >= 0.6 is 0 Å². The second-order valence-corrected chi connectivity index (χ2v) is 3.89. The van der Waals surface area contributed by atoms with E-state index in [9.17, 15) is 4.79 Å². The first kappa shape index (κ1) is 11.8. The summed E-state index contributed by atoms with van der Waals surface area (Å²) in [6, 6.07) is 12.0. The molecule has 0 saturated carbocycles. The average Bonchev–Trinajstić information content (AvgIpc) is 2.37. The molecule has 0 spiro atoms. The van der Waals surface area contributed by atoms with Gasteiger partial charge in [0.25, 0.3) is 5.91 Å². The lowest BCUT2D eigenvalue weighted by atomic mass is 10.2. The van der Waals surface area contributed by atoms with Gasteiger partial charge in [-0.1, -0.05) is 18.2 Å². The molecule has 0 saturated heterocycles. The zero-order valence-corrected chi connectivity index (χ0v) is 9.68. The van der Waals surface area contributed by atoms with E-state index in [1.807, 2.05) is 6.07 Å². The van der Waals surface area contributed by atoms with Gasteiger partial charge >= 0.3 is 0 Å². The summed E-state index contributed by atoms with van der Waals surface area (Å²) in [4.78, 5) is 11.9. The van der Waals surface area contributed by atoms with Gasteiger partial charge in [-0.2, -0.15) is 0 Å². The Balaban J connectivity index is 2.23. The van der Waals surface area contributed by atoms with Crippen LogP contribution in [0, 0.1) is 0 Å². The van der Waals surface area contributed by atoms with Crippen molar-refractivity contribution in [3.8, 4) is 0 Å². The predicted molar refractivity (Wildman–Crippen MR) is 74.1 cm³/mol. The first-order valence-corrected chi connectivity index (χ1v) is 5.39. The highest BCUT2D eigenvalue weighted by molar-refractivity contribution is 6.05. The maximum Gasteiger partial charge on any atom is 0.255 e. The molecule has 2 aromatic rings. The predicted octanol–water partition coefficient (Wildman–Crippen LogP) is 1.69. The minimum atomic E-state index is -0.223. The molecule has 0 aliphatic carbocycles. The number of benzene rings is 2. The molecule has 5 heteroatoms. The fourth-order valence-corrected chi connectivity index (χ4v) is 1.56. The van der Waals surface area contributed by atoms with Crippen molar-refractivity contribution in [3.63, 3.8) is 0 Å². The van der Waals surface area contributed by atoms with Crippen LogP contribution in [0.1, 0.15) is 10.4 Å². The van der Waals surface area contributed by atoms with E-state index < -0.39 is 0 Å². The van der Waals surface area contributed by atoms with Gasteiger partial charge in [-0.3, -0.25) is 4.79 Å². The van der Waals surface area contributed by atoms with Gasteiger partial charge in [0.2, 0.25) is 0 Å². The smallest absolute Gasteiger partial charge is 0.255 e. The summed E-state index contributed by atoms with van der Waals surface area (Å²) in [7, 11) is 0. The van der Waals surface area contributed by atoms with Gasteiger partial charge < -0.3 is 22.5 Å². The van der Waals surface area contributed by atoms with Crippen molar-refractivity contribution in [2.45, 2.75) is 0 Å². The Morgan fingerprint density at radius 1 is 0.944 bits per heavy atom. The highest BCUT2D eigenvalue weighted by atomic mass is 16.1. The first-order valence-electron chi connectivity index (χ1n) is 5.39. The van der Waals surface area contributed by atoms with Crippen LogP contribution in [0.5, 0.6) is 0 Å². The molecule has 0 radical (unpaired) electrons. The maximum absolute atomic E-state index is 11.9. The average molecular weight is 242 g/mol. The van der Waals surface area contributed by atoms with E-state index in [0.717, 1.165) is 0 Å². The number of carbonyl (C=O) groups is 1. The third-order valence-corrected chi connectivity index (χ3v) is 2.54. The van der Waals surface area contributed by atoms with Crippen LogP contribution < -0.4 is 22.5 Å². The zero-order valence-electron chi connectivity index (χ0n) is 9.68. The SMILES string of the molecule is Nc1cc(NC(=O)c2ccccc2)cc(N)c1N. The van der Waals surface area contributed by atoms with E-state index in [4.69, 9.17) is 17.2 Å². The maximum atomic E-state index is 11.9. The second kappa shape index (κ2) is 4.67. The highest BCUT2D eigenvalue weighted by Gasteiger charge is 2.08. The van der Waals surface area contributed by atoms with Crippen molar-refractivity contribution in [1.29, 1.82) is 0 Å². The lowest BCUT2D eigenvalue weighted by molar-refractivity contribution is 0.102.